The third-order valence-electron chi connectivity index (χ3n) is 6.58. The van der Waals surface area contributed by atoms with Gasteiger partial charge in [-0.3, -0.25) is 19.9 Å². The summed E-state index contributed by atoms with van der Waals surface area (Å²) in [7, 11) is 0. The van der Waals surface area contributed by atoms with Gasteiger partial charge >= 0.3 is 0 Å². The average Bonchev–Trinajstić information content (AvgIpc) is 3.65. The number of para-hydroxylation sites is 2. The molecule has 0 radical (unpaired) electrons. The van der Waals surface area contributed by atoms with Crippen molar-refractivity contribution < 1.29 is 14.3 Å². The molecule has 39 heavy (non-hydrogen) atoms. The van der Waals surface area contributed by atoms with Gasteiger partial charge in [0.05, 0.1) is 27.0 Å². The quantitative estimate of drug-likeness (QED) is 0.338. The van der Waals surface area contributed by atoms with E-state index in [1.165, 1.54) is 31.2 Å². The van der Waals surface area contributed by atoms with Crippen LogP contribution in [0.15, 0.2) is 48.7 Å². The smallest absolute Gasteiger partial charge is 0.263 e. The summed E-state index contributed by atoms with van der Waals surface area (Å²) in [6.07, 6.45) is 3.85. The van der Waals surface area contributed by atoms with Crippen LogP contribution in [0.5, 0.6) is 11.5 Å². The summed E-state index contributed by atoms with van der Waals surface area (Å²) >= 11 is 12.9. The number of halogens is 2. The molecule has 198 valence electrons. The molecule has 13 heteroatoms. The lowest BCUT2D eigenvalue weighted by Gasteiger charge is -2.38. The van der Waals surface area contributed by atoms with E-state index in [1.54, 1.807) is 17.9 Å². The zero-order valence-electron chi connectivity index (χ0n) is 20.7. The molecule has 0 saturated heterocycles. The number of nitrogens with one attached hydrogen (secondary N) is 2. The van der Waals surface area contributed by atoms with Gasteiger partial charge in [0.2, 0.25) is 5.95 Å². The van der Waals surface area contributed by atoms with Gasteiger partial charge in [-0.25, -0.2) is 5.10 Å². The minimum absolute atomic E-state index is 0.0578. The zero-order valence-corrected chi connectivity index (χ0v) is 22.2. The first kappa shape index (κ1) is 25.1. The molecule has 0 bridgehead atoms. The second-order valence-electron chi connectivity index (χ2n) is 9.26. The van der Waals surface area contributed by atoms with Crippen LogP contribution in [-0.4, -0.2) is 56.6 Å². The molecule has 3 heterocycles. The van der Waals surface area contributed by atoms with Gasteiger partial charge in [-0.2, -0.15) is 0 Å². The Labute approximate surface area is 233 Å². The van der Waals surface area contributed by atoms with E-state index in [9.17, 15) is 9.59 Å². The first-order valence-electron chi connectivity index (χ1n) is 12.2. The molecule has 2 amide bonds. The second kappa shape index (κ2) is 10.2. The molecule has 0 unspecified atom stereocenters. The van der Waals surface area contributed by atoms with Crippen molar-refractivity contribution >= 4 is 52.3 Å². The van der Waals surface area contributed by atoms with E-state index in [2.05, 4.69) is 41.9 Å². The number of fused-ring (bicyclic) bond motifs is 1. The highest BCUT2D eigenvalue weighted by molar-refractivity contribution is 6.37. The van der Waals surface area contributed by atoms with Gasteiger partial charge in [0.15, 0.2) is 0 Å². The van der Waals surface area contributed by atoms with Gasteiger partial charge in [-0.1, -0.05) is 40.4 Å². The van der Waals surface area contributed by atoms with E-state index in [0.717, 1.165) is 17.9 Å². The van der Waals surface area contributed by atoms with Gasteiger partial charge in [-0.05, 0) is 48.4 Å². The van der Waals surface area contributed by atoms with Crippen LogP contribution in [0.25, 0.3) is 0 Å². The summed E-state index contributed by atoms with van der Waals surface area (Å²) in [5, 5.41) is 15.6. The summed E-state index contributed by atoms with van der Waals surface area (Å²) in [5.41, 5.74) is 2.93. The summed E-state index contributed by atoms with van der Waals surface area (Å²) < 4.78 is 6.13. The maximum Gasteiger partial charge on any atom is 0.263 e. The fourth-order valence-corrected chi connectivity index (χ4v) is 5.01. The molecule has 11 nitrogen and oxygen atoms in total. The lowest BCUT2D eigenvalue weighted by Crippen LogP contribution is -2.45. The van der Waals surface area contributed by atoms with Crippen LogP contribution in [0.2, 0.25) is 10.0 Å². The van der Waals surface area contributed by atoms with E-state index in [0.29, 0.717) is 18.3 Å². The Hall–Kier alpha value is -4.22. The molecule has 4 aromatic rings. The van der Waals surface area contributed by atoms with Crippen LogP contribution in [0.1, 0.15) is 39.3 Å². The van der Waals surface area contributed by atoms with Gasteiger partial charge in [0.1, 0.15) is 17.1 Å². The van der Waals surface area contributed by atoms with Crippen LogP contribution < -0.4 is 19.9 Å². The number of carbonyl (C=O) groups is 2. The zero-order chi connectivity index (χ0) is 27.1. The highest BCUT2D eigenvalue weighted by Crippen LogP contribution is 2.41. The number of ether oxygens (including phenoxy) is 1. The number of carbonyl (C=O) groups excluding carboxylic acids is 2. The summed E-state index contributed by atoms with van der Waals surface area (Å²) in [4.78, 5) is 35.0. The molecular weight excluding hydrogens is 543 g/mol. The Balaban J connectivity index is 1.29. The summed E-state index contributed by atoms with van der Waals surface area (Å²) in [6.45, 7) is 3.08. The number of aryl methyl sites for hydroxylation is 1. The number of aromatic nitrogens is 5. The number of tetrazole rings is 1. The number of H-pyrrole nitrogens is 1. The number of anilines is 3. The molecule has 2 N–H and O–H groups in total. The Morgan fingerprint density at radius 2 is 1.82 bits per heavy atom. The maximum atomic E-state index is 13.9. The van der Waals surface area contributed by atoms with Gasteiger partial charge in [0.25, 0.3) is 11.8 Å². The van der Waals surface area contributed by atoms with Gasteiger partial charge < -0.3 is 14.5 Å². The third kappa shape index (κ3) is 4.98. The Morgan fingerprint density at radius 3 is 2.56 bits per heavy atom. The number of nitrogens with zero attached hydrogens (tertiary/aromatic N) is 6. The molecule has 1 aliphatic heterocycles. The molecule has 2 aromatic heterocycles. The van der Waals surface area contributed by atoms with Crippen molar-refractivity contribution in [3.8, 4) is 11.5 Å². The van der Waals surface area contributed by atoms with Crippen LogP contribution >= 0.6 is 23.2 Å². The number of hydrogen-bond acceptors (Lipinski definition) is 8. The van der Waals surface area contributed by atoms with E-state index in [1.807, 2.05) is 18.2 Å². The second-order valence-corrected chi connectivity index (χ2v) is 10.1. The molecule has 2 aromatic carbocycles. The molecular formula is C26H22Cl2N8O3. The van der Waals surface area contributed by atoms with Crippen molar-refractivity contribution in [2.24, 2.45) is 0 Å². The van der Waals surface area contributed by atoms with E-state index >= 15 is 0 Å². The van der Waals surface area contributed by atoms with Crippen molar-refractivity contribution in [3.63, 3.8) is 0 Å². The van der Waals surface area contributed by atoms with Crippen molar-refractivity contribution in [2.75, 3.05) is 28.2 Å². The standard InChI is InChI=1S/C26H22Cl2N8O3/c1-14-10-22(39-23-12-18(27)16(11-19(23)28)24(37)30-26-31-33-34-32-26)17(13-29-14)25(38)36-9-8-35(15-6-7-15)20-4-2-3-5-21(20)36/h2-5,10-13,15H,6-9H2,1H3,(H2,30,31,32,33,34,37). The van der Waals surface area contributed by atoms with Crippen LogP contribution in [0.3, 0.4) is 0 Å². The van der Waals surface area contributed by atoms with Crippen LogP contribution in [0, 0.1) is 6.92 Å². The maximum absolute atomic E-state index is 13.9. The first-order valence-corrected chi connectivity index (χ1v) is 13.0. The monoisotopic (exact) mass is 564 g/mol. The van der Waals surface area contributed by atoms with Gasteiger partial charge in [-0.15, -0.1) is 0 Å². The van der Waals surface area contributed by atoms with Gasteiger partial charge in [0, 0.05) is 43.2 Å². The predicted molar refractivity (Wildman–Crippen MR) is 146 cm³/mol. The van der Waals surface area contributed by atoms with Crippen LogP contribution in [0.4, 0.5) is 17.3 Å². The van der Waals surface area contributed by atoms with Crippen molar-refractivity contribution in [2.45, 2.75) is 25.8 Å². The molecule has 1 fully saturated rings. The lowest BCUT2D eigenvalue weighted by atomic mass is 10.1. The van der Waals surface area contributed by atoms with Crippen LogP contribution in [-0.2, 0) is 0 Å². The van der Waals surface area contributed by atoms with Crippen molar-refractivity contribution in [3.05, 3.63) is 75.5 Å². The van der Waals surface area contributed by atoms with E-state index in [4.69, 9.17) is 27.9 Å². The van der Waals surface area contributed by atoms with E-state index in [-0.39, 0.29) is 44.5 Å². The summed E-state index contributed by atoms with van der Waals surface area (Å²) in [5.74, 6) is -0.288. The Kier molecular flexibility index (Phi) is 6.53. The molecule has 0 atom stereocenters. The molecule has 1 aliphatic carbocycles. The predicted octanol–water partition coefficient (Wildman–Crippen LogP) is 4.88. The Morgan fingerprint density at radius 1 is 1.03 bits per heavy atom. The normalized spacial score (nSPS) is 14.6. The van der Waals surface area contributed by atoms with E-state index < -0.39 is 5.91 Å². The fourth-order valence-electron chi connectivity index (χ4n) is 4.57. The topological polar surface area (TPSA) is 129 Å². The highest BCUT2D eigenvalue weighted by atomic mass is 35.5. The average molecular weight is 565 g/mol. The number of rotatable bonds is 6. The fraction of sp³-hybridized carbons (Fsp3) is 0.231. The minimum atomic E-state index is -0.563. The SMILES string of the molecule is Cc1cc(Oc2cc(Cl)c(C(=O)Nc3nnn[nH]3)cc2Cl)c(C(=O)N2CCN(C3CC3)c3ccccc32)cn1. The molecule has 6 rings (SSSR count). The number of amides is 2. The third-order valence-corrected chi connectivity index (χ3v) is 7.18. The highest BCUT2D eigenvalue weighted by Gasteiger charge is 2.36. The largest absolute Gasteiger partial charge is 0.455 e. The molecule has 2 aliphatic rings. The molecule has 0 spiro atoms. The number of benzene rings is 2. The number of aromatic amines is 1. The summed E-state index contributed by atoms with van der Waals surface area (Å²) in [6, 6.07) is 12.9. The number of hydrogen-bond donors (Lipinski definition) is 2. The number of pyridine rings is 1. The van der Waals surface area contributed by atoms with Crippen molar-refractivity contribution in [1.29, 1.82) is 0 Å². The molecule has 1 saturated carbocycles. The first-order chi connectivity index (χ1) is 18.9. The lowest BCUT2D eigenvalue weighted by molar-refractivity contribution is 0.0982. The minimum Gasteiger partial charge on any atom is -0.455 e. The Bertz CT molecular complexity index is 1580. The van der Waals surface area contributed by atoms with Crippen molar-refractivity contribution in [1.82, 2.24) is 25.6 Å².